The molecule has 172 valence electrons. The second-order valence-corrected chi connectivity index (χ2v) is 9.84. The molecule has 2 aromatic carbocycles. The lowest BCUT2D eigenvalue weighted by Crippen LogP contribution is -2.41. The van der Waals surface area contributed by atoms with Crippen molar-refractivity contribution in [3.05, 3.63) is 87.9 Å². The minimum atomic E-state index is -0.634. The highest BCUT2D eigenvalue weighted by Crippen LogP contribution is 2.35. The highest BCUT2D eigenvalue weighted by molar-refractivity contribution is 8.13. The van der Waals surface area contributed by atoms with Gasteiger partial charge in [0.15, 0.2) is 5.17 Å². The molecule has 3 aromatic rings. The first-order valence-electron chi connectivity index (χ1n) is 10.8. The van der Waals surface area contributed by atoms with E-state index < -0.39 is 6.04 Å². The molecule has 1 atom stereocenters. The Kier molecular flexibility index (Phi) is 6.55. The molecule has 3 heterocycles. The van der Waals surface area contributed by atoms with Gasteiger partial charge in [-0.15, -0.1) is 11.3 Å². The van der Waals surface area contributed by atoms with E-state index in [0.29, 0.717) is 29.7 Å². The number of nitrogens with one attached hydrogen (secondary N) is 1. The molecule has 9 heteroatoms. The summed E-state index contributed by atoms with van der Waals surface area (Å²) in [5, 5.41) is 5.40. The number of hydrogen-bond acceptors (Lipinski definition) is 6. The molecule has 0 fully saturated rings. The van der Waals surface area contributed by atoms with Gasteiger partial charge >= 0.3 is 0 Å². The van der Waals surface area contributed by atoms with Gasteiger partial charge in [0.2, 0.25) is 5.91 Å². The number of carbonyl (C=O) groups is 2. The zero-order chi connectivity index (χ0) is 23.5. The van der Waals surface area contributed by atoms with Crippen LogP contribution in [-0.2, 0) is 21.9 Å². The molecule has 6 nitrogen and oxygen atoms in total. The van der Waals surface area contributed by atoms with Crippen molar-refractivity contribution in [3.8, 4) is 0 Å². The molecular weight excluding hydrogens is 471 g/mol. The first-order valence-corrected chi connectivity index (χ1v) is 12.7. The van der Waals surface area contributed by atoms with Crippen LogP contribution in [-0.4, -0.2) is 33.8 Å². The van der Waals surface area contributed by atoms with E-state index in [4.69, 9.17) is 9.98 Å². The SMILES string of the molecule is O=C(CC[C@H]1N=C2c3ccccc3N=C(SCc3ccc(F)cc3)N2C1=O)NCc1cccs1. The Labute approximate surface area is 204 Å². The zero-order valence-electron chi connectivity index (χ0n) is 18.1. The first-order chi connectivity index (χ1) is 16.6. The van der Waals surface area contributed by atoms with Crippen LogP contribution in [0, 0.1) is 5.82 Å². The number of carbonyl (C=O) groups excluding carboxylic acids is 2. The van der Waals surface area contributed by atoms with Crippen molar-refractivity contribution in [2.24, 2.45) is 9.98 Å². The third-order valence-corrected chi connectivity index (χ3v) is 7.40. The maximum absolute atomic E-state index is 13.3. The lowest BCUT2D eigenvalue weighted by Gasteiger charge is -2.25. The number of benzene rings is 2. The van der Waals surface area contributed by atoms with Gasteiger partial charge in [0.25, 0.3) is 5.91 Å². The summed E-state index contributed by atoms with van der Waals surface area (Å²) in [6, 6.07) is 17.1. The fourth-order valence-electron chi connectivity index (χ4n) is 3.77. The number of halogens is 1. The van der Waals surface area contributed by atoms with Gasteiger partial charge in [-0.1, -0.05) is 42.1 Å². The average Bonchev–Trinajstić information content (AvgIpc) is 3.49. The Balaban J connectivity index is 1.29. The van der Waals surface area contributed by atoms with Crippen LogP contribution in [0.4, 0.5) is 10.1 Å². The smallest absolute Gasteiger partial charge is 0.259 e. The number of para-hydroxylation sites is 1. The lowest BCUT2D eigenvalue weighted by molar-refractivity contribution is -0.125. The topological polar surface area (TPSA) is 74.1 Å². The van der Waals surface area contributed by atoms with Crippen LogP contribution < -0.4 is 5.32 Å². The Bertz CT molecular complexity index is 1270. The predicted octanol–water partition coefficient (Wildman–Crippen LogP) is 4.88. The first kappa shape index (κ1) is 22.5. The molecule has 0 unspecified atom stereocenters. The molecule has 0 saturated heterocycles. The van der Waals surface area contributed by atoms with E-state index in [-0.39, 0.29) is 24.1 Å². The van der Waals surface area contributed by atoms with Gasteiger partial charge in [-0.05, 0) is 47.7 Å². The monoisotopic (exact) mass is 492 g/mol. The van der Waals surface area contributed by atoms with E-state index >= 15 is 0 Å². The van der Waals surface area contributed by atoms with Crippen LogP contribution in [0.3, 0.4) is 0 Å². The second kappa shape index (κ2) is 9.90. The number of rotatable bonds is 7. The summed E-state index contributed by atoms with van der Waals surface area (Å²) in [4.78, 5) is 37.7. The minimum absolute atomic E-state index is 0.105. The molecule has 2 aliphatic rings. The maximum Gasteiger partial charge on any atom is 0.259 e. The summed E-state index contributed by atoms with van der Waals surface area (Å²) >= 11 is 2.99. The fourth-order valence-corrected chi connectivity index (χ4v) is 5.37. The maximum atomic E-state index is 13.3. The molecular formula is C25H21FN4O2S2. The summed E-state index contributed by atoms with van der Waals surface area (Å²) in [5.41, 5.74) is 2.48. The van der Waals surface area contributed by atoms with Gasteiger partial charge in [0.1, 0.15) is 17.7 Å². The summed E-state index contributed by atoms with van der Waals surface area (Å²) in [6.45, 7) is 0.486. The van der Waals surface area contributed by atoms with E-state index in [1.165, 1.54) is 23.9 Å². The van der Waals surface area contributed by atoms with E-state index in [9.17, 15) is 14.0 Å². The molecule has 2 amide bonds. The van der Waals surface area contributed by atoms with E-state index in [2.05, 4.69) is 5.32 Å². The zero-order valence-corrected chi connectivity index (χ0v) is 19.7. The van der Waals surface area contributed by atoms with Crippen molar-refractivity contribution in [2.75, 3.05) is 0 Å². The summed E-state index contributed by atoms with van der Waals surface area (Å²) < 4.78 is 13.2. The van der Waals surface area contributed by atoms with Crippen LogP contribution in [0.25, 0.3) is 0 Å². The third kappa shape index (κ3) is 4.80. The molecule has 1 aromatic heterocycles. The number of aliphatic imine (C=N–C) groups is 2. The van der Waals surface area contributed by atoms with Crippen molar-refractivity contribution in [3.63, 3.8) is 0 Å². The Morgan fingerprint density at radius 1 is 1.12 bits per heavy atom. The fraction of sp³-hybridized carbons (Fsp3) is 0.200. The summed E-state index contributed by atoms with van der Waals surface area (Å²) in [6.07, 6.45) is 0.538. The van der Waals surface area contributed by atoms with Gasteiger partial charge < -0.3 is 5.32 Å². The number of amides is 2. The molecule has 0 bridgehead atoms. The third-order valence-electron chi connectivity index (χ3n) is 5.51. The Morgan fingerprint density at radius 2 is 1.94 bits per heavy atom. The van der Waals surface area contributed by atoms with Crippen molar-refractivity contribution in [2.45, 2.75) is 31.2 Å². The van der Waals surface area contributed by atoms with Crippen LogP contribution in [0.2, 0.25) is 0 Å². The summed E-state index contributed by atoms with van der Waals surface area (Å²) in [7, 11) is 0. The van der Waals surface area contributed by atoms with Crippen LogP contribution >= 0.6 is 23.1 Å². The van der Waals surface area contributed by atoms with Crippen molar-refractivity contribution >= 4 is 51.6 Å². The quantitative estimate of drug-likeness (QED) is 0.511. The molecule has 0 spiro atoms. The van der Waals surface area contributed by atoms with Gasteiger partial charge in [-0.2, -0.15) is 0 Å². The molecule has 0 saturated carbocycles. The predicted molar refractivity (Wildman–Crippen MR) is 134 cm³/mol. The molecule has 0 aliphatic carbocycles. The number of thioether (sulfide) groups is 1. The van der Waals surface area contributed by atoms with Crippen molar-refractivity contribution < 1.29 is 14.0 Å². The van der Waals surface area contributed by atoms with Gasteiger partial charge in [-0.3, -0.25) is 14.6 Å². The standard InChI is InChI=1S/C25H21FN4O2S2/c26-17-9-7-16(8-10-17)15-34-25-29-20-6-2-1-5-19(20)23-28-21(24(32)30(23)25)11-12-22(31)27-14-18-4-3-13-33-18/h1-10,13,21H,11-12,14-15H2,(H,27,31)/t21-/m1/s1. The number of hydrogen-bond donors (Lipinski definition) is 1. The molecule has 5 rings (SSSR count). The Hall–Kier alpha value is -3.30. The average molecular weight is 493 g/mol. The number of nitrogens with zero attached hydrogens (tertiary/aromatic N) is 3. The highest BCUT2D eigenvalue weighted by atomic mass is 32.2. The molecule has 34 heavy (non-hydrogen) atoms. The normalized spacial score (nSPS) is 16.6. The van der Waals surface area contributed by atoms with Gasteiger partial charge in [0.05, 0.1) is 12.2 Å². The highest BCUT2D eigenvalue weighted by Gasteiger charge is 2.41. The molecule has 2 aliphatic heterocycles. The van der Waals surface area contributed by atoms with Crippen molar-refractivity contribution in [1.82, 2.24) is 10.2 Å². The summed E-state index contributed by atoms with van der Waals surface area (Å²) in [5.74, 6) is 0.533. The number of amidine groups is 2. The van der Waals surface area contributed by atoms with Gasteiger partial charge in [0, 0.05) is 22.6 Å². The van der Waals surface area contributed by atoms with E-state index in [1.54, 1.807) is 28.4 Å². The van der Waals surface area contributed by atoms with E-state index in [1.807, 2.05) is 41.8 Å². The van der Waals surface area contributed by atoms with E-state index in [0.717, 1.165) is 21.7 Å². The van der Waals surface area contributed by atoms with Crippen molar-refractivity contribution in [1.29, 1.82) is 0 Å². The number of fused-ring (bicyclic) bond motifs is 3. The lowest BCUT2D eigenvalue weighted by atomic mass is 10.1. The minimum Gasteiger partial charge on any atom is -0.351 e. The van der Waals surface area contributed by atoms with Crippen LogP contribution in [0.5, 0.6) is 0 Å². The molecule has 1 N–H and O–H groups in total. The van der Waals surface area contributed by atoms with Crippen LogP contribution in [0.1, 0.15) is 28.8 Å². The largest absolute Gasteiger partial charge is 0.351 e. The Morgan fingerprint density at radius 3 is 2.74 bits per heavy atom. The second-order valence-electron chi connectivity index (χ2n) is 7.86. The van der Waals surface area contributed by atoms with Crippen LogP contribution in [0.15, 0.2) is 76.0 Å². The number of thiophene rings is 1. The molecule has 0 radical (unpaired) electrons. The van der Waals surface area contributed by atoms with Gasteiger partial charge in [-0.25, -0.2) is 14.3 Å².